The summed E-state index contributed by atoms with van der Waals surface area (Å²) in [4.78, 5) is 11.7. The van der Waals surface area contributed by atoms with Gasteiger partial charge in [0, 0.05) is 43.6 Å². The molecule has 3 rings (SSSR count). The van der Waals surface area contributed by atoms with Crippen molar-refractivity contribution in [2.75, 3.05) is 18.0 Å². The average molecular weight is 324 g/mol. The van der Waals surface area contributed by atoms with Crippen molar-refractivity contribution in [2.45, 2.75) is 52.1 Å². The van der Waals surface area contributed by atoms with Crippen LogP contribution in [0.25, 0.3) is 0 Å². The zero-order chi connectivity index (χ0) is 16.6. The Kier molecular flexibility index (Phi) is 6.19. The topological polar surface area (TPSA) is 41.1 Å². The van der Waals surface area contributed by atoms with Crippen molar-refractivity contribution >= 4 is 5.82 Å². The summed E-state index contributed by atoms with van der Waals surface area (Å²) in [5.41, 5.74) is 3.44. The fourth-order valence-electron chi connectivity index (χ4n) is 3.34. The van der Waals surface area contributed by atoms with Crippen molar-refractivity contribution in [3.05, 3.63) is 53.5 Å². The third-order valence-electron chi connectivity index (χ3n) is 4.59. The summed E-state index contributed by atoms with van der Waals surface area (Å²) >= 11 is 0. The molecule has 2 aromatic heterocycles. The molecular formula is C20H28N4. The first-order chi connectivity index (χ1) is 11.8. The van der Waals surface area contributed by atoms with E-state index in [4.69, 9.17) is 0 Å². The number of pyridine rings is 2. The second-order valence-electron chi connectivity index (χ2n) is 6.61. The summed E-state index contributed by atoms with van der Waals surface area (Å²) in [5, 5.41) is 3.52. The lowest BCUT2D eigenvalue weighted by Crippen LogP contribution is -2.29. The van der Waals surface area contributed by atoms with Crippen molar-refractivity contribution < 1.29 is 0 Å². The first-order valence-corrected chi connectivity index (χ1v) is 9.15. The lowest BCUT2D eigenvalue weighted by atomic mass is 10.1. The zero-order valence-electron chi connectivity index (χ0n) is 14.7. The molecule has 4 nitrogen and oxygen atoms in total. The van der Waals surface area contributed by atoms with Crippen molar-refractivity contribution in [2.24, 2.45) is 0 Å². The number of hydrogen-bond donors (Lipinski definition) is 1. The molecule has 1 aliphatic heterocycles. The van der Waals surface area contributed by atoms with Gasteiger partial charge in [0.2, 0.25) is 0 Å². The van der Waals surface area contributed by atoms with Crippen LogP contribution in [0.5, 0.6) is 0 Å². The molecule has 24 heavy (non-hydrogen) atoms. The van der Waals surface area contributed by atoms with Crippen LogP contribution in [0.4, 0.5) is 5.82 Å². The highest BCUT2D eigenvalue weighted by molar-refractivity contribution is 5.46. The molecule has 1 fully saturated rings. The van der Waals surface area contributed by atoms with E-state index >= 15 is 0 Å². The van der Waals surface area contributed by atoms with E-state index in [1.807, 2.05) is 25.3 Å². The molecule has 0 atom stereocenters. The van der Waals surface area contributed by atoms with E-state index in [1.54, 1.807) is 0 Å². The van der Waals surface area contributed by atoms with Crippen molar-refractivity contribution in [3.63, 3.8) is 0 Å². The molecular weight excluding hydrogens is 296 g/mol. The number of aromatic nitrogens is 2. The molecule has 128 valence electrons. The molecule has 4 heteroatoms. The molecule has 2 aromatic rings. The first-order valence-electron chi connectivity index (χ1n) is 9.15. The van der Waals surface area contributed by atoms with Gasteiger partial charge in [-0.3, -0.25) is 4.98 Å². The molecule has 1 saturated heterocycles. The van der Waals surface area contributed by atoms with Gasteiger partial charge in [-0.2, -0.15) is 0 Å². The zero-order valence-corrected chi connectivity index (χ0v) is 14.7. The Morgan fingerprint density at radius 2 is 1.75 bits per heavy atom. The van der Waals surface area contributed by atoms with Gasteiger partial charge in [-0.25, -0.2) is 4.98 Å². The largest absolute Gasteiger partial charge is 0.356 e. The maximum absolute atomic E-state index is 4.68. The third kappa shape index (κ3) is 4.78. The molecule has 0 bridgehead atoms. The van der Waals surface area contributed by atoms with E-state index in [9.17, 15) is 0 Å². The average Bonchev–Trinajstić information content (AvgIpc) is 2.56. The van der Waals surface area contributed by atoms with Gasteiger partial charge < -0.3 is 10.2 Å². The Morgan fingerprint density at radius 3 is 2.54 bits per heavy atom. The number of rotatable bonds is 5. The number of aryl methyl sites for hydroxylation is 1. The highest BCUT2D eigenvalue weighted by atomic mass is 15.2. The van der Waals surface area contributed by atoms with Crippen LogP contribution in [-0.2, 0) is 13.1 Å². The second kappa shape index (κ2) is 8.78. The predicted octanol–water partition coefficient (Wildman–Crippen LogP) is 3.85. The van der Waals surface area contributed by atoms with Crippen LogP contribution in [0.15, 0.2) is 36.5 Å². The Balaban J connectivity index is 1.63. The number of anilines is 1. The summed E-state index contributed by atoms with van der Waals surface area (Å²) in [6.45, 7) is 5.91. The minimum atomic E-state index is 0.788. The van der Waals surface area contributed by atoms with E-state index in [-0.39, 0.29) is 0 Å². The fraction of sp³-hybridized carbons (Fsp3) is 0.500. The minimum Gasteiger partial charge on any atom is -0.356 e. The van der Waals surface area contributed by atoms with Crippen LogP contribution >= 0.6 is 0 Å². The van der Waals surface area contributed by atoms with Gasteiger partial charge in [-0.1, -0.05) is 31.4 Å². The summed E-state index contributed by atoms with van der Waals surface area (Å²) in [6.07, 6.45) is 8.53. The Hall–Kier alpha value is -1.94. The van der Waals surface area contributed by atoms with E-state index in [0.29, 0.717) is 0 Å². The molecule has 1 N–H and O–H groups in total. The van der Waals surface area contributed by atoms with Crippen LogP contribution in [0.2, 0.25) is 0 Å². The van der Waals surface area contributed by atoms with Gasteiger partial charge in [-0.15, -0.1) is 0 Å². The predicted molar refractivity (Wildman–Crippen MR) is 99.1 cm³/mol. The van der Waals surface area contributed by atoms with E-state index in [2.05, 4.69) is 38.4 Å². The molecule has 0 spiro atoms. The SMILES string of the molecule is Cc1cccc(CNCc2cccnc2N2CCCCCCC2)n1. The maximum Gasteiger partial charge on any atom is 0.133 e. The van der Waals surface area contributed by atoms with Crippen molar-refractivity contribution in [1.29, 1.82) is 0 Å². The molecule has 0 aromatic carbocycles. The normalized spacial score (nSPS) is 15.8. The molecule has 0 amide bonds. The van der Waals surface area contributed by atoms with Crippen LogP contribution < -0.4 is 10.2 Å². The van der Waals surface area contributed by atoms with Gasteiger partial charge in [-0.05, 0) is 38.0 Å². The number of hydrogen-bond acceptors (Lipinski definition) is 4. The minimum absolute atomic E-state index is 0.788. The van der Waals surface area contributed by atoms with Gasteiger partial charge in [0.1, 0.15) is 5.82 Å². The first kappa shape index (κ1) is 16.9. The monoisotopic (exact) mass is 324 g/mol. The Morgan fingerprint density at radius 1 is 0.958 bits per heavy atom. The molecule has 0 unspecified atom stereocenters. The molecule has 0 aliphatic carbocycles. The molecule has 3 heterocycles. The van der Waals surface area contributed by atoms with Gasteiger partial charge in [0.15, 0.2) is 0 Å². The highest BCUT2D eigenvalue weighted by Gasteiger charge is 2.13. The standard InChI is InChI=1S/C20H28N4/c1-17-9-7-11-19(23-17)16-21-15-18-10-8-12-22-20(18)24-13-5-3-2-4-6-14-24/h7-12,21H,2-6,13-16H2,1H3. The van der Waals surface area contributed by atoms with Crippen LogP contribution in [-0.4, -0.2) is 23.1 Å². The summed E-state index contributed by atoms with van der Waals surface area (Å²) in [6, 6.07) is 10.4. The lowest BCUT2D eigenvalue weighted by molar-refractivity contribution is 0.551. The summed E-state index contributed by atoms with van der Waals surface area (Å²) in [5.74, 6) is 1.16. The van der Waals surface area contributed by atoms with E-state index in [0.717, 1.165) is 43.4 Å². The van der Waals surface area contributed by atoms with E-state index < -0.39 is 0 Å². The van der Waals surface area contributed by atoms with Gasteiger partial charge >= 0.3 is 0 Å². The van der Waals surface area contributed by atoms with Crippen LogP contribution in [0.1, 0.15) is 49.1 Å². The Bertz CT molecular complexity index is 633. The van der Waals surface area contributed by atoms with Gasteiger partial charge in [0.05, 0.1) is 5.69 Å². The van der Waals surface area contributed by atoms with Crippen LogP contribution in [0.3, 0.4) is 0 Å². The Labute approximate surface area is 145 Å². The quantitative estimate of drug-likeness (QED) is 0.907. The van der Waals surface area contributed by atoms with Crippen molar-refractivity contribution in [3.8, 4) is 0 Å². The van der Waals surface area contributed by atoms with Crippen LogP contribution in [0, 0.1) is 6.92 Å². The molecule has 1 aliphatic rings. The fourth-order valence-corrected chi connectivity index (χ4v) is 3.34. The smallest absolute Gasteiger partial charge is 0.133 e. The summed E-state index contributed by atoms with van der Waals surface area (Å²) in [7, 11) is 0. The third-order valence-corrected chi connectivity index (χ3v) is 4.59. The maximum atomic E-state index is 4.68. The molecule has 0 radical (unpaired) electrons. The number of nitrogens with one attached hydrogen (secondary N) is 1. The van der Waals surface area contributed by atoms with E-state index in [1.165, 1.54) is 37.7 Å². The lowest BCUT2D eigenvalue weighted by Gasteiger charge is -2.27. The second-order valence-corrected chi connectivity index (χ2v) is 6.61. The van der Waals surface area contributed by atoms with Crippen molar-refractivity contribution in [1.82, 2.24) is 15.3 Å². The number of nitrogens with zero attached hydrogens (tertiary/aromatic N) is 3. The molecule has 0 saturated carbocycles. The van der Waals surface area contributed by atoms with Gasteiger partial charge in [0.25, 0.3) is 0 Å². The summed E-state index contributed by atoms with van der Waals surface area (Å²) < 4.78 is 0. The highest BCUT2D eigenvalue weighted by Crippen LogP contribution is 2.21.